The highest BCUT2D eigenvalue weighted by molar-refractivity contribution is 5.39. The van der Waals surface area contributed by atoms with E-state index in [0.29, 0.717) is 5.92 Å². The molecule has 1 aromatic heterocycles. The zero-order valence-electron chi connectivity index (χ0n) is 9.57. The molecule has 4 heteroatoms. The smallest absolute Gasteiger partial charge is 0.147 e. The number of hydrogen-bond donors (Lipinski definition) is 2. The van der Waals surface area contributed by atoms with Crippen molar-refractivity contribution < 1.29 is 5.11 Å². The first-order chi connectivity index (χ1) is 7.13. The molecule has 15 heavy (non-hydrogen) atoms. The van der Waals surface area contributed by atoms with E-state index in [1.807, 2.05) is 6.92 Å². The van der Waals surface area contributed by atoms with Gasteiger partial charge in [-0.1, -0.05) is 13.8 Å². The average Bonchev–Trinajstić information content (AvgIpc) is 2.19. The van der Waals surface area contributed by atoms with Crippen molar-refractivity contribution in [3.05, 3.63) is 18.1 Å². The molecule has 0 aliphatic rings. The van der Waals surface area contributed by atoms with Gasteiger partial charge in [0.25, 0.3) is 0 Å². The Kier molecular flexibility index (Phi) is 4.49. The number of aryl methyl sites for hydroxylation is 1. The number of nitrogens with zero attached hydrogens (tertiary/aromatic N) is 2. The van der Waals surface area contributed by atoms with Gasteiger partial charge in [-0.2, -0.15) is 0 Å². The number of anilines is 1. The van der Waals surface area contributed by atoms with Crippen molar-refractivity contribution in [2.75, 3.05) is 11.9 Å². The van der Waals surface area contributed by atoms with Gasteiger partial charge in [-0.05, 0) is 19.3 Å². The lowest BCUT2D eigenvalue weighted by Gasteiger charge is -2.19. The minimum Gasteiger partial charge on any atom is -0.394 e. The summed E-state index contributed by atoms with van der Waals surface area (Å²) in [5, 5.41) is 12.4. The van der Waals surface area contributed by atoms with Crippen LogP contribution in [0.25, 0.3) is 0 Å². The molecule has 0 saturated carbocycles. The van der Waals surface area contributed by atoms with Gasteiger partial charge in [-0.15, -0.1) is 0 Å². The van der Waals surface area contributed by atoms with E-state index in [2.05, 4.69) is 29.1 Å². The Hall–Kier alpha value is -1.16. The third-order valence-corrected chi connectivity index (χ3v) is 2.20. The van der Waals surface area contributed by atoms with E-state index >= 15 is 0 Å². The molecule has 84 valence electrons. The Morgan fingerprint density at radius 3 is 2.53 bits per heavy atom. The third-order valence-electron chi connectivity index (χ3n) is 2.20. The van der Waals surface area contributed by atoms with Gasteiger partial charge in [0, 0.05) is 12.4 Å². The quantitative estimate of drug-likeness (QED) is 0.773. The van der Waals surface area contributed by atoms with E-state index in [1.165, 1.54) is 0 Å². The van der Waals surface area contributed by atoms with Gasteiger partial charge in [0.1, 0.15) is 5.82 Å². The van der Waals surface area contributed by atoms with E-state index in [0.717, 1.165) is 17.9 Å². The summed E-state index contributed by atoms with van der Waals surface area (Å²) >= 11 is 0. The molecule has 1 rings (SSSR count). The number of aliphatic hydroxyl groups is 1. The SMILES string of the molecule is Cc1nccnc1NC(CO)CC(C)C. The lowest BCUT2D eigenvalue weighted by molar-refractivity contribution is 0.259. The number of rotatable bonds is 5. The van der Waals surface area contributed by atoms with Crippen molar-refractivity contribution >= 4 is 5.82 Å². The molecule has 0 fully saturated rings. The third kappa shape index (κ3) is 3.83. The molecule has 0 aliphatic heterocycles. The first kappa shape index (κ1) is 11.9. The highest BCUT2D eigenvalue weighted by Crippen LogP contribution is 2.12. The molecule has 0 aromatic carbocycles. The molecular formula is C11H19N3O. The zero-order valence-corrected chi connectivity index (χ0v) is 9.57. The first-order valence-electron chi connectivity index (χ1n) is 5.28. The van der Waals surface area contributed by atoms with Crippen molar-refractivity contribution in [3.63, 3.8) is 0 Å². The lowest BCUT2D eigenvalue weighted by Crippen LogP contribution is -2.26. The van der Waals surface area contributed by atoms with E-state index in [1.54, 1.807) is 12.4 Å². The molecule has 1 atom stereocenters. The molecule has 2 N–H and O–H groups in total. The summed E-state index contributed by atoms with van der Waals surface area (Å²) < 4.78 is 0. The molecule has 1 unspecified atom stereocenters. The van der Waals surface area contributed by atoms with Crippen LogP contribution in [-0.4, -0.2) is 27.7 Å². The number of aromatic nitrogens is 2. The van der Waals surface area contributed by atoms with E-state index in [4.69, 9.17) is 0 Å². The number of nitrogens with one attached hydrogen (secondary N) is 1. The summed E-state index contributed by atoms with van der Waals surface area (Å²) in [5.74, 6) is 1.31. The Morgan fingerprint density at radius 2 is 2.00 bits per heavy atom. The fraction of sp³-hybridized carbons (Fsp3) is 0.636. The molecule has 0 spiro atoms. The summed E-state index contributed by atoms with van der Waals surface area (Å²) in [5.41, 5.74) is 0.861. The average molecular weight is 209 g/mol. The summed E-state index contributed by atoms with van der Waals surface area (Å²) in [7, 11) is 0. The van der Waals surface area contributed by atoms with Crippen LogP contribution in [0.5, 0.6) is 0 Å². The van der Waals surface area contributed by atoms with Crippen molar-refractivity contribution in [1.29, 1.82) is 0 Å². The molecule has 0 bridgehead atoms. The van der Waals surface area contributed by atoms with E-state index < -0.39 is 0 Å². The Bertz CT molecular complexity index is 302. The van der Waals surface area contributed by atoms with Crippen LogP contribution in [0, 0.1) is 12.8 Å². The van der Waals surface area contributed by atoms with Gasteiger partial charge in [0.15, 0.2) is 0 Å². The van der Waals surface area contributed by atoms with Crippen LogP contribution in [0.1, 0.15) is 26.0 Å². The zero-order chi connectivity index (χ0) is 11.3. The second-order valence-corrected chi connectivity index (χ2v) is 4.14. The second kappa shape index (κ2) is 5.66. The van der Waals surface area contributed by atoms with Crippen molar-refractivity contribution in [1.82, 2.24) is 9.97 Å². The molecule has 0 aliphatic carbocycles. The number of aliphatic hydroxyl groups excluding tert-OH is 1. The normalized spacial score (nSPS) is 12.9. The van der Waals surface area contributed by atoms with Gasteiger partial charge in [-0.25, -0.2) is 4.98 Å². The first-order valence-corrected chi connectivity index (χ1v) is 5.28. The summed E-state index contributed by atoms with van der Waals surface area (Å²) in [6, 6.07) is 0.0559. The standard InChI is InChI=1S/C11H19N3O/c1-8(2)6-10(7-15)14-11-9(3)12-4-5-13-11/h4-5,8,10,15H,6-7H2,1-3H3,(H,13,14). The van der Waals surface area contributed by atoms with Crippen LogP contribution in [0.3, 0.4) is 0 Å². The fourth-order valence-electron chi connectivity index (χ4n) is 1.49. The minimum atomic E-state index is 0.0559. The van der Waals surface area contributed by atoms with E-state index in [-0.39, 0.29) is 12.6 Å². The molecule has 1 heterocycles. The van der Waals surface area contributed by atoms with E-state index in [9.17, 15) is 5.11 Å². The molecule has 1 aromatic rings. The van der Waals surface area contributed by atoms with Crippen LogP contribution >= 0.6 is 0 Å². The van der Waals surface area contributed by atoms with Gasteiger partial charge < -0.3 is 10.4 Å². The van der Waals surface area contributed by atoms with Crippen molar-refractivity contribution in [2.24, 2.45) is 5.92 Å². The van der Waals surface area contributed by atoms with Gasteiger partial charge in [0.05, 0.1) is 18.3 Å². The second-order valence-electron chi connectivity index (χ2n) is 4.14. The van der Waals surface area contributed by atoms with Crippen LogP contribution in [-0.2, 0) is 0 Å². The Balaban J connectivity index is 2.62. The maximum atomic E-state index is 9.22. The van der Waals surface area contributed by atoms with Crippen LogP contribution < -0.4 is 5.32 Å². The summed E-state index contributed by atoms with van der Waals surface area (Å²) in [6.07, 6.45) is 4.24. The van der Waals surface area contributed by atoms with Gasteiger partial charge in [-0.3, -0.25) is 4.98 Å². The van der Waals surface area contributed by atoms with Crippen LogP contribution in [0.2, 0.25) is 0 Å². The largest absolute Gasteiger partial charge is 0.394 e. The summed E-state index contributed by atoms with van der Waals surface area (Å²) in [4.78, 5) is 8.33. The monoisotopic (exact) mass is 209 g/mol. The number of hydrogen-bond acceptors (Lipinski definition) is 4. The van der Waals surface area contributed by atoms with Gasteiger partial charge in [0.2, 0.25) is 0 Å². The van der Waals surface area contributed by atoms with Crippen molar-refractivity contribution in [3.8, 4) is 0 Å². The van der Waals surface area contributed by atoms with Crippen LogP contribution in [0.4, 0.5) is 5.82 Å². The van der Waals surface area contributed by atoms with Crippen molar-refractivity contribution in [2.45, 2.75) is 33.2 Å². The molecule has 4 nitrogen and oxygen atoms in total. The topological polar surface area (TPSA) is 58.0 Å². The molecule has 0 saturated heterocycles. The predicted octanol–water partition coefficient (Wildman–Crippen LogP) is 1.60. The maximum absolute atomic E-state index is 9.22. The fourth-order valence-corrected chi connectivity index (χ4v) is 1.49. The highest BCUT2D eigenvalue weighted by atomic mass is 16.3. The molecule has 0 radical (unpaired) electrons. The lowest BCUT2D eigenvalue weighted by atomic mass is 10.0. The Morgan fingerprint density at radius 1 is 1.33 bits per heavy atom. The van der Waals surface area contributed by atoms with Gasteiger partial charge >= 0.3 is 0 Å². The maximum Gasteiger partial charge on any atom is 0.147 e. The predicted molar refractivity (Wildman–Crippen MR) is 60.7 cm³/mol. The Labute approximate surface area is 90.8 Å². The molecular weight excluding hydrogens is 190 g/mol. The highest BCUT2D eigenvalue weighted by Gasteiger charge is 2.11. The molecule has 0 amide bonds. The summed E-state index contributed by atoms with van der Waals surface area (Å²) in [6.45, 7) is 6.29. The minimum absolute atomic E-state index is 0.0559. The van der Waals surface area contributed by atoms with Crippen LogP contribution in [0.15, 0.2) is 12.4 Å².